The van der Waals surface area contributed by atoms with E-state index >= 15 is 0 Å². The monoisotopic (exact) mass is 441 g/mol. The number of nitrogens with zero attached hydrogens (tertiary/aromatic N) is 2. The van der Waals surface area contributed by atoms with Crippen LogP contribution in [-0.4, -0.2) is 60.0 Å². The molecule has 0 saturated carbocycles. The third kappa shape index (κ3) is 4.53. The summed E-state index contributed by atoms with van der Waals surface area (Å²) in [4.78, 5) is 40.2. The fraction of sp³-hybridized carbons (Fsp3) is 0.571. The van der Waals surface area contributed by atoms with E-state index in [9.17, 15) is 32.7 Å². The number of benzene rings is 1. The SMILES string of the molecule is CN[C@H]1C[C@H](C)C(C)CN([C@H]2Cc3ccc(C(F)(F)F)cc3N(CC(=O)O)C2=O)C1=O. The molecule has 2 aliphatic rings. The third-order valence-corrected chi connectivity index (χ3v) is 6.33. The van der Waals surface area contributed by atoms with Crippen molar-refractivity contribution < 1.29 is 32.7 Å². The van der Waals surface area contributed by atoms with Gasteiger partial charge in [0.25, 0.3) is 5.91 Å². The van der Waals surface area contributed by atoms with Gasteiger partial charge in [-0.15, -0.1) is 0 Å². The summed E-state index contributed by atoms with van der Waals surface area (Å²) in [5, 5.41) is 12.3. The Hall–Kier alpha value is -2.62. The maximum absolute atomic E-state index is 13.3. The van der Waals surface area contributed by atoms with Gasteiger partial charge in [0, 0.05) is 18.7 Å². The van der Waals surface area contributed by atoms with Crippen molar-refractivity contribution >= 4 is 23.5 Å². The van der Waals surface area contributed by atoms with Crippen molar-refractivity contribution in [2.45, 2.75) is 44.9 Å². The van der Waals surface area contributed by atoms with Gasteiger partial charge in [-0.3, -0.25) is 19.3 Å². The zero-order valence-corrected chi connectivity index (χ0v) is 17.6. The number of nitrogens with one attached hydrogen (secondary N) is 1. The van der Waals surface area contributed by atoms with Crippen molar-refractivity contribution in [1.29, 1.82) is 0 Å². The van der Waals surface area contributed by atoms with E-state index in [1.54, 1.807) is 7.05 Å². The van der Waals surface area contributed by atoms with Crippen LogP contribution in [0, 0.1) is 11.8 Å². The van der Waals surface area contributed by atoms with Crippen molar-refractivity contribution in [1.82, 2.24) is 10.2 Å². The molecule has 0 aliphatic carbocycles. The number of amides is 2. The molecule has 3 rings (SSSR count). The number of carbonyl (C=O) groups excluding carboxylic acids is 2. The van der Waals surface area contributed by atoms with E-state index in [-0.39, 0.29) is 29.9 Å². The minimum Gasteiger partial charge on any atom is -0.480 e. The Morgan fingerprint density at radius 3 is 2.45 bits per heavy atom. The van der Waals surface area contributed by atoms with E-state index in [4.69, 9.17) is 0 Å². The molecular formula is C21H26F3N3O4. The fourth-order valence-electron chi connectivity index (χ4n) is 4.31. The van der Waals surface area contributed by atoms with Crippen molar-refractivity contribution in [2.24, 2.45) is 11.8 Å². The lowest BCUT2D eigenvalue weighted by Gasteiger charge is -2.40. The molecule has 0 aromatic heterocycles. The van der Waals surface area contributed by atoms with Crippen molar-refractivity contribution in [3.63, 3.8) is 0 Å². The molecule has 170 valence electrons. The highest BCUT2D eigenvalue weighted by atomic mass is 19.4. The number of carboxylic acid groups (broad SMARTS) is 1. The Morgan fingerprint density at radius 2 is 1.87 bits per heavy atom. The minimum absolute atomic E-state index is 0.0334. The predicted octanol–water partition coefficient (Wildman–Crippen LogP) is 2.14. The van der Waals surface area contributed by atoms with Crippen LogP contribution < -0.4 is 10.2 Å². The molecule has 1 unspecified atom stereocenters. The Morgan fingerprint density at radius 1 is 1.19 bits per heavy atom. The van der Waals surface area contributed by atoms with Crippen LogP contribution in [0.1, 0.15) is 31.4 Å². The van der Waals surface area contributed by atoms with E-state index in [2.05, 4.69) is 5.32 Å². The summed E-state index contributed by atoms with van der Waals surface area (Å²) in [6.45, 7) is 3.53. The molecule has 1 aromatic rings. The zero-order chi connectivity index (χ0) is 23.1. The number of carbonyl (C=O) groups is 3. The number of likely N-dealkylation sites (N-methyl/N-ethyl adjacent to an activating group) is 1. The maximum Gasteiger partial charge on any atom is 0.416 e. The summed E-state index contributed by atoms with van der Waals surface area (Å²) in [5.41, 5.74) is -0.638. The second-order valence-corrected chi connectivity index (χ2v) is 8.40. The molecule has 31 heavy (non-hydrogen) atoms. The van der Waals surface area contributed by atoms with Gasteiger partial charge in [0.2, 0.25) is 5.91 Å². The van der Waals surface area contributed by atoms with E-state index in [0.29, 0.717) is 18.5 Å². The number of halogens is 3. The first-order valence-electron chi connectivity index (χ1n) is 10.1. The molecule has 10 heteroatoms. The first-order chi connectivity index (χ1) is 14.4. The largest absolute Gasteiger partial charge is 0.480 e. The van der Waals surface area contributed by atoms with Crippen LogP contribution in [0.25, 0.3) is 0 Å². The average Bonchev–Trinajstić information content (AvgIpc) is 2.79. The number of anilines is 1. The Kier molecular flexibility index (Phi) is 6.31. The minimum atomic E-state index is -4.63. The molecule has 7 nitrogen and oxygen atoms in total. The molecule has 1 saturated heterocycles. The summed E-state index contributed by atoms with van der Waals surface area (Å²) >= 11 is 0. The molecule has 2 heterocycles. The highest BCUT2D eigenvalue weighted by Gasteiger charge is 2.44. The molecule has 1 fully saturated rings. The summed E-state index contributed by atoms with van der Waals surface area (Å²) in [6.07, 6.45) is -4.00. The molecular weight excluding hydrogens is 415 g/mol. The Labute approximate surface area is 178 Å². The number of hydrogen-bond donors (Lipinski definition) is 2. The molecule has 2 N–H and O–H groups in total. The van der Waals surface area contributed by atoms with Gasteiger partial charge in [0.05, 0.1) is 11.6 Å². The summed E-state index contributed by atoms with van der Waals surface area (Å²) in [5.74, 6) is -1.99. The summed E-state index contributed by atoms with van der Waals surface area (Å²) in [6, 6.07) is 1.51. The van der Waals surface area contributed by atoms with E-state index in [0.717, 1.165) is 17.0 Å². The second-order valence-electron chi connectivity index (χ2n) is 8.40. The van der Waals surface area contributed by atoms with Crippen molar-refractivity contribution in [3.05, 3.63) is 29.3 Å². The van der Waals surface area contributed by atoms with E-state index in [1.165, 1.54) is 11.0 Å². The van der Waals surface area contributed by atoms with Gasteiger partial charge in [-0.25, -0.2) is 0 Å². The first-order valence-corrected chi connectivity index (χ1v) is 10.1. The van der Waals surface area contributed by atoms with Gasteiger partial charge in [-0.1, -0.05) is 19.9 Å². The van der Waals surface area contributed by atoms with Gasteiger partial charge in [0.1, 0.15) is 12.6 Å². The van der Waals surface area contributed by atoms with Crippen LogP contribution in [0.15, 0.2) is 18.2 Å². The van der Waals surface area contributed by atoms with Crippen LogP contribution in [0.4, 0.5) is 18.9 Å². The Bertz CT molecular complexity index is 889. The maximum atomic E-state index is 13.3. The van der Waals surface area contributed by atoms with Crippen molar-refractivity contribution in [3.8, 4) is 0 Å². The topological polar surface area (TPSA) is 89.9 Å². The number of likely N-dealkylation sites (tertiary alicyclic amines) is 1. The summed E-state index contributed by atoms with van der Waals surface area (Å²) < 4.78 is 39.6. The van der Waals surface area contributed by atoms with E-state index < -0.39 is 42.2 Å². The molecule has 4 atom stereocenters. The zero-order valence-electron chi connectivity index (χ0n) is 17.6. The number of hydrogen-bond acceptors (Lipinski definition) is 4. The lowest BCUT2D eigenvalue weighted by atomic mass is 9.91. The van der Waals surface area contributed by atoms with Crippen LogP contribution >= 0.6 is 0 Å². The lowest BCUT2D eigenvalue weighted by molar-refractivity contribution is -0.142. The first kappa shape index (κ1) is 23.1. The third-order valence-electron chi connectivity index (χ3n) is 6.33. The van der Waals surface area contributed by atoms with Crippen LogP contribution in [-0.2, 0) is 27.0 Å². The number of alkyl halides is 3. The van der Waals surface area contributed by atoms with Crippen LogP contribution in [0.2, 0.25) is 0 Å². The van der Waals surface area contributed by atoms with E-state index in [1.807, 2.05) is 13.8 Å². The quantitative estimate of drug-likeness (QED) is 0.747. The predicted molar refractivity (Wildman–Crippen MR) is 106 cm³/mol. The average molecular weight is 441 g/mol. The number of aliphatic carboxylic acids is 1. The van der Waals surface area contributed by atoms with Gasteiger partial charge >= 0.3 is 12.1 Å². The molecule has 1 aromatic carbocycles. The molecule has 2 amide bonds. The molecule has 0 bridgehead atoms. The number of fused-ring (bicyclic) bond motifs is 1. The lowest BCUT2D eigenvalue weighted by Crippen LogP contribution is -2.58. The summed E-state index contributed by atoms with van der Waals surface area (Å²) in [7, 11) is 1.66. The standard InChI is InChI=1S/C21H26F3N3O4/c1-11-6-15(25-3)19(30)26(9-12(11)2)17-7-13-4-5-14(21(22,23)24)8-16(13)27(20(17)31)10-18(28)29/h4-5,8,11-12,15,17,25H,6-7,9-10H2,1-3H3,(H,28,29)/t11-,12?,15-,17-/m0/s1. The molecule has 2 aliphatic heterocycles. The van der Waals surface area contributed by atoms with Crippen molar-refractivity contribution in [2.75, 3.05) is 25.0 Å². The smallest absolute Gasteiger partial charge is 0.416 e. The highest BCUT2D eigenvalue weighted by Crippen LogP contribution is 2.37. The fourth-order valence-corrected chi connectivity index (χ4v) is 4.31. The van der Waals surface area contributed by atoms with Crippen LogP contribution in [0.3, 0.4) is 0 Å². The van der Waals surface area contributed by atoms with Crippen LogP contribution in [0.5, 0.6) is 0 Å². The van der Waals surface area contributed by atoms with Gasteiger partial charge in [-0.05, 0) is 43.0 Å². The number of carboxylic acids is 1. The number of rotatable bonds is 4. The second kappa shape index (κ2) is 8.49. The highest BCUT2D eigenvalue weighted by molar-refractivity contribution is 6.05. The molecule has 0 spiro atoms. The normalized spacial score (nSPS) is 27.2. The Balaban J connectivity index is 2.04. The van der Waals surface area contributed by atoms with Gasteiger partial charge < -0.3 is 15.3 Å². The van der Waals surface area contributed by atoms with Gasteiger partial charge in [-0.2, -0.15) is 13.2 Å². The molecule has 0 radical (unpaired) electrons. The van der Waals surface area contributed by atoms with Gasteiger partial charge in [0.15, 0.2) is 0 Å².